The van der Waals surface area contributed by atoms with Crippen molar-refractivity contribution in [3.8, 4) is 28.7 Å². The molecular formula is C18H22O7. The van der Waals surface area contributed by atoms with E-state index in [0.29, 0.717) is 17.1 Å². The Labute approximate surface area is 146 Å². The molecule has 0 amide bonds. The van der Waals surface area contributed by atoms with Gasteiger partial charge in [0.05, 0.1) is 27.9 Å². The first kappa shape index (κ1) is 18.7. The summed E-state index contributed by atoms with van der Waals surface area (Å²) >= 11 is 0. The fraction of sp³-hybridized carbons (Fsp3) is 0.333. The molecule has 136 valence electrons. The molecule has 0 aromatic heterocycles. The molecule has 0 heterocycles. The summed E-state index contributed by atoms with van der Waals surface area (Å²) in [4.78, 5) is 0. The van der Waals surface area contributed by atoms with Gasteiger partial charge in [0.1, 0.15) is 6.10 Å². The summed E-state index contributed by atoms with van der Waals surface area (Å²) in [7, 11) is 4.37. The molecule has 0 radical (unpaired) electrons. The third kappa shape index (κ3) is 4.07. The van der Waals surface area contributed by atoms with Crippen LogP contribution in [0.3, 0.4) is 0 Å². The Morgan fingerprint density at radius 2 is 1.52 bits per heavy atom. The maximum atomic E-state index is 10.6. The van der Waals surface area contributed by atoms with Gasteiger partial charge in [-0.25, -0.2) is 0 Å². The SMILES string of the molecule is COc1cc(C(O)C(CO)Oc2c(OC)cccc2OC)ccc1O. The number of phenolic OH excluding ortho intramolecular Hbond substituents is 1. The molecule has 0 aliphatic heterocycles. The van der Waals surface area contributed by atoms with E-state index in [9.17, 15) is 15.3 Å². The van der Waals surface area contributed by atoms with Crippen LogP contribution in [0.25, 0.3) is 0 Å². The maximum Gasteiger partial charge on any atom is 0.203 e. The number of hydrogen-bond donors (Lipinski definition) is 3. The number of aromatic hydroxyl groups is 1. The lowest BCUT2D eigenvalue weighted by Crippen LogP contribution is -2.29. The zero-order valence-corrected chi connectivity index (χ0v) is 14.3. The van der Waals surface area contributed by atoms with Crippen LogP contribution in [0.15, 0.2) is 36.4 Å². The normalized spacial score (nSPS) is 13.0. The fourth-order valence-corrected chi connectivity index (χ4v) is 2.38. The number of ether oxygens (including phenoxy) is 4. The number of hydrogen-bond acceptors (Lipinski definition) is 7. The summed E-state index contributed by atoms with van der Waals surface area (Å²) in [6.07, 6.45) is -2.16. The predicted octanol–water partition coefficient (Wildman–Crippen LogP) is 1.89. The van der Waals surface area contributed by atoms with Crippen molar-refractivity contribution in [2.75, 3.05) is 27.9 Å². The van der Waals surface area contributed by atoms with Crippen LogP contribution in [0.4, 0.5) is 0 Å². The molecule has 2 aromatic carbocycles. The van der Waals surface area contributed by atoms with E-state index in [0.717, 1.165) is 0 Å². The van der Waals surface area contributed by atoms with Crippen LogP contribution in [0.5, 0.6) is 28.7 Å². The maximum absolute atomic E-state index is 10.6. The average Bonchev–Trinajstić information content (AvgIpc) is 2.65. The van der Waals surface area contributed by atoms with Gasteiger partial charge in [-0.05, 0) is 29.8 Å². The van der Waals surface area contributed by atoms with Crippen molar-refractivity contribution < 1.29 is 34.3 Å². The Bertz CT molecular complexity index is 680. The Balaban J connectivity index is 2.31. The molecule has 0 saturated carbocycles. The summed E-state index contributed by atoms with van der Waals surface area (Å²) in [5.41, 5.74) is 0.419. The third-order valence-corrected chi connectivity index (χ3v) is 3.73. The summed E-state index contributed by atoms with van der Waals surface area (Å²) in [6.45, 7) is -0.453. The van der Waals surface area contributed by atoms with E-state index < -0.39 is 18.8 Å². The second-order valence-corrected chi connectivity index (χ2v) is 5.21. The minimum atomic E-state index is -1.17. The molecule has 25 heavy (non-hydrogen) atoms. The number of aliphatic hydroxyl groups is 2. The molecule has 2 rings (SSSR count). The van der Waals surface area contributed by atoms with E-state index in [-0.39, 0.29) is 17.2 Å². The first-order valence-electron chi connectivity index (χ1n) is 7.59. The van der Waals surface area contributed by atoms with Gasteiger partial charge in [0.15, 0.2) is 29.1 Å². The summed E-state index contributed by atoms with van der Waals surface area (Å²) < 4.78 is 21.3. The summed E-state index contributed by atoms with van der Waals surface area (Å²) in [6, 6.07) is 9.50. The molecule has 0 aliphatic rings. The van der Waals surface area contributed by atoms with Crippen molar-refractivity contribution in [2.45, 2.75) is 12.2 Å². The van der Waals surface area contributed by atoms with Crippen molar-refractivity contribution in [1.29, 1.82) is 0 Å². The fourth-order valence-electron chi connectivity index (χ4n) is 2.38. The molecule has 0 spiro atoms. The summed E-state index contributed by atoms with van der Waals surface area (Å²) in [5.74, 6) is 1.26. The monoisotopic (exact) mass is 350 g/mol. The van der Waals surface area contributed by atoms with Crippen molar-refractivity contribution in [3.63, 3.8) is 0 Å². The highest BCUT2D eigenvalue weighted by molar-refractivity contribution is 5.51. The molecule has 2 unspecified atom stereocenters. The molecule has 0 bridgehead atoms. The van der Waals surface area contributed by atoms with Gasteiger partial charge in [0.25, 0.3) is 0 Å². The highest BCUT2D eigenvalue weighted by Crippen LogP contribution is 2.39. The molecule has 0 saturated heterocycles. The van der Waals surface area contributed by atoms with E-state index in [1.165, 1.54) is 39.5 Å². The number of rotatable bonds is 8. The van der Waals surface area contributed by atoms with Crippen LogP contribution in [0, 0.1) is 0 Å². The van der Waals surface area contributed by atoms with E-state index in [4.69, 9.17) is 18.9 Å². The van der Waals surface area contributed by atoms with Crippen LogP contribution >= 0.6 is 0 Å². The zero-order valence-electron chi connectivity index (χ0n) is 14.3. The molecule has 7 nitrogen and oxygen atoms in total. The molecular weight excluding hydrogens is 328 g/mol. The van der Waals surface area contributed by atoms with Gasteiger partial charge in [-0.1, -0.05) is 12.1 Å². The van der Waals surface area contributed by atoms with Crippen molar-refractivity contribution >= 4 is 0 Å². The quantitative estimate of drug-likeness (QED) is 0.669. The second kappa shape index (κ2) is 8.46. The summed E-state index contributed by atoms with van der Waals surface area (Å²) in [5, 5.41) is 29.9. The van der Waals surface area contributed by atoms with Crippen molar-refractivity contribution in [1.82, 2.24) is 0 Å². The largest absolute Gasteiger partial charge is 0.504 e. The van der Waals surface area contributed by atoms with E-state index in [1.54, 1.807) is 18.2 Å². The van der Waals surface area contributed by atoms with Gasteiger partial charge in [-0.3, -0.25) is 0 Å². The predicted molar refractivity (Wildman–Crippen MR) is 90.7 cm³/mol. The minimum absolute atomic E-state index is 0.0497. The van der Waals surface area contributed by atoms with Crippen LogP contribution in [0.1, 0.15) is 11.7 Å². The third-order valence-electron chi connectivity index (χ3n) is 3.73. The highest BCUT2D eigenvalue weighted by atomic mass is 16.6. The first-order valence-corrected chi connectivity index (χ1v) is 7.59. The van der Waals surface area contributed by atoms with E-state index in [1.807, 2.05) is 0 Å². The topological polar surface area (TPSA) is 97.6 Å². The van der Waals surface area contributed by atoms with Gasteiger partial charge in [-0.15, -0.1) is 0 Å². The van der Waals surface area contributed by atoms with Crippen LogP contribution in [-0.4, -0.2) is 49.4 Å². The van der Waals surface area contributed by atoms with Gasteiger partial charge < -0.3 is 34.3 Å². The van der Waals surface area contributed by atoms with E-state index >= 15 is 0 Å². The Morgan fingerprint density at radius 3 is 2.04 bits per heavy atom. The van der Waals surface area contributed by atoms with Crippen molar-refractivity contribution in [2.24, 2.45) is 0 Å². The molecule has 7 heteroatoms. The lowest BCUT2D eigenvalue weighted by molar-refractivity contribution is -0.00174. The molecule has 0 fully saturated rings. The molecule has 2 aromatic rings. The highest BCUT2D eigenvalue weighted by Gasteiger charge is 2.26. The first-order chi connectivity index (χ1) is 12.0. The number of methoxy groups -OCH3 is 3. The van der Waals surface area contributed by atoms with Gasteiger partial charge in [-0.2, -0.15) is 0 Å². The Kier molecular flexibility index (Phi) is 6.32. The molecule has 3 N–H and O–H groups in total. The second-order valence-electron chi connectivity index (χ2n) is 5.21. The molecule has 2 atom stereocenters. The number of aliphatic hydroxyl groups excluding tert-OH is 2. The van der Waals surface area contributed by atoms with Crippen LogP contribution in [0.2, 0.25) is 0 Å². The van der Waals surface area contributed by atoms with Crippen LogP contribution < -0.4 is 18.9 Å². The molecule has 0 aliphatic carbocycles. The standard InChI is InChI=1S/C18H22O7/c1-22-13-5-4-6-14(23-2)18(13)25-16(10-19)17(21)11-7-8-12(20)15(9-11)24-3/h4-9,16-17,19-21H,10H2,1-3H3. The lowest BCUT2D eigenvalue weighted by atomic mass is 10.0. The Hall–Kier alpha value is -2.64. The van der Waals surface area contributed by atoms with Gasteiger partial charge in [0.2, 0.25) is 5.75 Å². The van der Waals surface area contributed by atoms with E-state index in [2.05, 4.69) is 0 Å². The number of para-hydroxylation sites is 1. The smallest absolute Gasteiger partial charge is 0.203 e. The zero-order chi connectivity index (χ0) is 18.4. The van der Waals surface area contributed by atoms with Gasteiger partial charge in [0, 0.05) is 0 Å². The number of phenols is 1. The lowest BCUT2D eigenvalue weighted by Gasteiger charge is -2.25. The minimum Gasteiger partial charge on any atom is -0.504 e. The Morgan fingerprint density at radius 1 is 0.920 bits per heavy atom. The number of benzene rings is 2. The van der Waals surface area contributed by atoms with Gasteiger partial charge >= 0.3 is 0 Å². The van der Waals surface area contributed by atoms with Crippen molar-refractivity contribution in [3.05, 3.63) is 42.0 Å². The average molecular weight is 350 g/mol. The van der Waals surface area contributed by atoms with Crippen LogP contribution in [-0.2, 0) is 0 Å².